The van der Waals surface area contributed by atoms with Crippen molar-refractivity contribution in [1.29, 1.82) is 0 Å². The number of hydrogen-bond donors (Lipinski definition) is 1. The fourth-order valence-corrected chi connectivity index (χ4v) is 2.67. The molecule has 0 aliphatic carbocycles. The number of rotatable bonds is 7. The van der Waals surface area contributed by atoms with Crippen molar-refractivity contribution in [3.8, 4) is 5.75 Å². The van der Waals surface area contributed by atoms with Gasteiger partial charge in [0.15, 0.2) is 0 Å². The summed E-state index contributed by atoms with van der Waals surface area (Å²) >= 11 is 0. The molecule has 0 saturated heterocycles. The first-order valence-electron chi connectivity index (χ1n) is 8.20. The lowest BCUT2D eigenvalue weighted by Crippen LogP contribution is -2.17. The first kappa shape index (κ1) is 21.0. The zero-order chi connectivity index (χ0) is 17.5. The van der Waals surface area contributed by atoms with Crippen molar-refractivity contribution in [3.63, 3.8) is 0 Å². The molecule has 0 fully saturated rings. The normalized spacial score (nSPS) is 11.4. The molecule has 4 nitrogen and oxygen atoms in total. The zero-order valence-electron chi connectivity index (χ0n) is 15.0. The van der Waals surface area contributed by atoms with E-state index in [9.17, 15) is 4.79 Å². The molecule has 0 saturated carbocycles. The molecule has 0 amide bonds. The monoisotopic (exact) mass is 363 g/mol. The van der Waals surface area contributed by atoms with Crippen molar-refractivity contribution in [2.75, 3.05) is 6.61 Å². The van der Waals surface area contributed by atoms with Crippen LogP contribution in [0, 0.1) is 13.8 Å². The summed E-state index contributed by atoms with van der Waals surface area (Å²) in [5, 5.41) is 0. The van der Waals surface area contributed by atoms with Crippen LogP contribution in [0.5, 0.6) is 5.75 Å². The summed E-state index contributed by atoms with van der Waals surface area (Å²) in [6.45, 7) is 6.67. The lowest BCUT2D eigenvalue weighted by molar-refractivity contribution is -0.143. The average molecular weight is 364 g/mol. The van der Waals surface area contributed by atoms with Crippen LogP contribution in [0.25, 0.3) is 0 Å². The maximum atomic E-state index is 11.6. The van der Waals surface area contributed by atoms with E-state index in [2.05, 4.69) is 0 Å². The van der Waals surface area contributed by atoms with Gasteiger partial charge in [0.2, 0.25) is 0 Å². The van der Waals surface area contributed by atoms with Gasteiger partial charge in [-0.1, -0.05) is 42.5 Å². The first-order chi connectivity index (χ1) is 11.5. The summed E-state index contributed by atoms with van der Waals surface area (Å²) in [5.41, 5.74) is 10.2. The largest absolute Gasteiger partial charge is 0.488 e. The molecule has 136 valence electrons. The van der Waals surface area contributed by atoms with Gasteiger partial charge in [0.1, 0.15) is 12.4 Å². The molecule has 0 heterocycles. The molecule has 5 heteroatoms. The number of halogens is 1. The highest BCUT2D eigenvalue weighted by molar-refractivity contribution is 5.85. The number of benzene rings is 2. The smallest absolute Gasteiger partial charge is 0.307 e. The molecule has 2 rings (SSSR count). The van der Waals surface area contributed by atoms with Gasteiger partial charge < -0.3 is 15.2 Å². The second kappa shape index (κ2) is 10.1. The van der Waals surface area contributed by atoms with Crippen LogP contribution in [0.2, 0.25) is 0 Å². The molecule has 0 spiro atoms. The number of nitrogens with two attached hydrogens (primary N) is 1. The van der Waals surface area contributed by atoms with Crippen LogP contribution in [0.4, 0.5) is 0 Å². The zero-order valence-corrected chi connectivity index (χ0v) is 15.8. The van der Waals surface area contributed by atoms with Crippen LogP contribution in [-0.2, 0) is 16.1 Å². The molecule has 25 heavy (non-hydrogen) atoms. The maximum Gasteiger partial charge on any atom is 0.307 e. The van der Waals surface area contributed by atoms with Gasteiger partial charge >= 0.3 is 5.97 Å². The Labute approximate surface area is 155 Å². The minimum absolute atomic E-state index is 0. The first-order valence-corrected chi connectivity index (χ1v) is 8.20. The van der Waals surface area contributed by atoms with Crippen LogP contribution in [0.1, 0.15) is 41.6 Å². The number of hydrogen-bond acceptors (Lipinski definition) is 4. The van der Waals surface area contributed by atoms with Gasteiger partial charge in [-0.05, 0) is 43.0 Å². The highest BCUT2D eigenvalue weighted by atomic mass is 35.5. The molecule has 0 radical (unpaired) electrons. The molecule has 2 N–H and O–H groups in total. The SMILES string of the molecule is CCOC(=O)C[C@H](N)c1cc(C)c(OCc2ccccc2)c(C)c1.Cl. The van der Waals surface area contributed by atoms with E-state index in [0.29, 0.717) is 13.2 Å². The Balaban J connectivity index is 0.00000312. The van der Waals surface area contributed by atoms with Gasteiger partial charge in [0.05, 0.1) is 13.0 Å². The van der Waals surface area contributed by atoms with Gasteiger partial charge in [-0.2, -0.15) is 0 Å². The van der Waals surface area contributed by atoms with E-state index in [-0.39, 0.29) is 30.8 Å². The van der Waals surface area contributed by atoms with Crippen LogP contribution in [0.3, 0.4) is 0 Å². The van der Waals surface area contributed by atoms with Crippen molar-refractivity contribution in [1.82, 2.24) is 0 Å². The Morgan fingerprint density at radius 3 is 2.28 bits per heavy atom. The van der Waals surface area contributed by atoms with E-state index in [1.807, 2.05) is 56.3 Å². The minimum atomic E-state index is -0.371. The number of aryl methyl sites for hydroxylation is 2. The third kappa shape index (κ3) is 6.07. The second-order valence-electron chi connectivity index (χ2n) is 5.87. The van der Waals surface area contributed by atoms with Crippen LogP contribution in [0.15, 0.2) is 42.5 Å². The number of carbonyl (C=O) groups is 1. The lowest BCUT2D eigenvalue weighted by atomic mass is 9.99. The molecule has 0 aromatic heterocycles. The van der Waals surface area contributed by atoms with Gasteiger partial charge in [0.25, 0.3) is 0 Å². The van der Waals surface area contributed by atoms with E-state index in [4.69, 9.17) is 15.2 Å². The van der Waals surface area contributed by atoms with E-state index in [1.54, 1.807) is 6.92 Å². The quantitative estimate of drug-likeness (QED) is 0.747. The van der Waals surface area contributed by atoms with Crippen molar-refractivity contribution in [3.05, 3.63) is 64.7 Å². The molecule has 0 aliphatic heterocycles. The van der Waals surface area contributed by atoms with E-state index >= 15 is 0 Å². The minimum Gasteiger partial charge on any atom is -0.488 e. The summed E-state index contributed by atoms with van der Waals surface area (Å²) in [6.07, 6.45) is 0.178. The van der Waals surface area contributed by atoms with Crippen molar-refractivity contribution >= 4 is 18.4 Å². The molecule has 2 aromatic rings. The van der Waals surface area contributed by atoms with Gasteiger partial charge in [-0.15, -0.1) is 12.4 Å². The number of ether oxygens (including phenoxy) is 2. The van der Waals surface area contributed by atoms with E-state index in [1.165, 1.54) is 0 Å². The summed E-state index contributed by atoms with van der Waals surface area (Å²) in [4.78, 5) is 11.6. The van der Waals surface area contributed by atoms with Crippen LogP contribution < -0.4 is 10.5 Å². The third-order valence-corrected chi connectivity index (χ3v) is 3.83. The Hall–Kier alpha value is -2.04. The Kier molecular flexibility index (Phi) is 8.46. The lowest BCUT2D eigenvalue weighted by Gasteiger charge is -2.17. The van der Waals surface area contributed by atoms with Gasteiger partial charge in [-0.25, -0.2) is 0 Å². The van der Waals surface area contributed by atoms with Crippen molar-refractivity contribution in [2.24, 2.45) is 5.73 Å². The summed E-state index contributed by atoms with van der Waals surface area (Å²) < 4.78 is 10.9. The average Bonchev–Trinajstić information content (AvgIpc) is 2.55. The maximum absolute atomic E-state index is 11.6. The Bertz CT molecular complexity index is 666. The number of carbonyl (C=O) groups excluding carboxylic acids is 1. The highest BCUT2D eigenvalue weighted by Crippen LogP contribution is 2.28. The molecule has 2 aromatic carbocycles. The van der Waals surface area contributed by atoms with Crippen LogP contribution >= 0.6 is 12.4 Å². The standard InChI is InChI=1S/C20H25NO3.ClH/c1-4-23-19(22)12-18(21)17-10-14(2)20(15(3)11-17)24-13-16-8-6-5-7-9-16;/h5-11,18H,4,12-13,21H2,1-3H3;1H/t18-;/m0./s1. The third-order valence-electron chi connectivity index (χ3n) is 3.83. The summed E-state index contributed by atoms with van der Waals surface area (Å²) in [5.74, 6) is 0.593. The Morgan fingerprint density at radius 1 is 1.12 bits per heavy atom. The molecular weight excluding hydrogens is 338 g/mol. The molecule has 0 unspecified atom stereocenters. The molecular formula is C20H26ClNO3. The van der Waals surface area contributed by atoms with Crippen molar-refractivity contribution < 1.29 is 14.3 Å². The predicted octanol–water partition coefficient (Wildman–Crippen LogP) is 4.26. The molecule has 1 atom stereocenters. The molecule has 0 bridgehead atoms. The topological polar surface area (TPSA) is 61.5 Å². The van der Waals surface area contributed by atoms with Gasteiger partial charge in [0, 0.05) is 6.04 Å². The van der Waals surface area contributed by atoms with Crippen molar-refractivity contribution in [2.45, 2.75) is 39.8 Å². The van der Waals surface area contributed by atoms with E-state index in [0.717, 1.165) is 28.0 Å². The van der Waals surface area contributed by atoms with Gasteiger partial charge in [-0.3, -0.25) is 4.79 Å². The predicted molar refractivity (Wildman–Crippen MR) is 102 cm³/mol. The summed E-state index contributed by atoms with van der Waals surface area (Å²) in [6, 6.07) is 13.6. The second-order valence-corrected chi connectivity index (χ2v) is 5.87. The van der Waals surface area contributed by atoms with E-state index < -0.39 is 0 Å². The molecule has 0 aliphatic rings. The highest BCUT2D eigenvalue weighted by Gasteiger charge is 2.15. The fraction of sp³-hybridized carbons (Fsp3) is 0.350. The van der Waals surface area contributed by atoms with Crippen LogP contribution in [-0.4, -0.2) is 12.6 Å². The fourth-order valence-electron chi connectivity index (χ4n) is 2.67. The summed E-state index contributed by atoms with van der Waals surface area (Å²) in [7, 11) is 0. The Morgan fingerprint density at radius 2 is 1.72 bits per heavy atom. The number of esters is 1.